The second-order valence-electron chi connectivity index (χ2n) is 6.66. The normalized spacial score (nSPS) is 16.2. The Kier molecular flexibility index (Phi) is 6.39. The van der Waals surface area contributed by atoms with Crippen molar-refractivity contribution in [3.63, 3.8) is 0 Å². The van der Waals surface area contributed by atoms with Crippen LogP contribution in [0.15, 0.2) is 54.6 Å². The van der Waals surface area contributed by atoms with E-state index in [9.17, 15) is 9.59 Å². The molecule has 0 aliphatic carbocycles. The molecule has 3 rings (SSSR count). The lowest BCUT2D eigenvalue weighted by Crippen LogP contribution is -2.25. The molecule has 0 spiro atoms. The van der Waals surface area contributed by atoms with E-state index in [0.29, 0.717) is 30.1 Å². The number of hydrogen-bond acceptors (Lipinski definition) is 3. The first-order valence-electron chi connectivity index (χ1n) is 9.14. The average molecular weight is 351 g/mol. The molecule has 3 N–H and O–H groups in total. The molecule has 5 nitrogen and oxygen atoms in total. The first kappa shape index (κ1) is 18.1. The van der Waals surface area contributed by atoms with Crippen molar-refractivity contribution in [1.82, 2.24) is 10.6 Å². The van der Waals surface area contributed by atoms with Gasteiger partial charge < -0.3 is 16.0 Å². The van der Waals surface area contributed by atoms with Crippen LogP contribution in [0.3, 0.4) is 0 Å². The molecule has 1 aliphatic heterocycles. The first-order valence-corrected chi connectivity index (χ1v) is 9.14. The van der Waals surface area contributed by atoms with E-state index in [0.717, 1.165) is 31.5 Å². The summed E-state index contributed by atoms with van der Waals surface area (Å²) < 4.78 is 0. The van der Waals surface area contributed by atoms with E-state index in [1.807, 2.05) is 36.4 Å². The summed E-state index contributed by atoms with van der Waals surface area (Å²) in [5.41, 5.74) is 2.08. The molecule has 1 heterocycles. The van der Waals surface area contributed by atoms with Crippen LogP contribution in [0, 0.1) is 5.92 Å². The van der Waals surface area contributed by atoms with E-state index in [1.165, 1.54) is 0 Å². The second kappa shape index (κ2) is 9.15. The fourth-order valence-corrected chi connectivity index (χ4v) is 3.17. The highest BCUT2D eigenvalue weighted by molar-refractivity contribution is 6.03. The number of hydrogen-bond donors (Lipinski definition) is 3. The number of carbonyl (C=O) groups excluding carboxylic acids is 2. The van der Waals surface area contributed by atoms with Crippen molar-refractivity contribution < 1.29 is 9.59 Å². The van der Waals surface area contributed by atoms with Crippen LogP contribution in [0.5, 0.6) is 0 Å². The monoisotopic (exact) mass is 351 g/mol. The molecule has 0 bridgehead atoms. The molecule has 0 aromatic heterocycles. The fourth-order valence-electron chi connectivity index (χ4n) is 3.17. The Balaban J connectivity index is 1.56. The molecule has 2 amide bonds. The lowest BCUT2D eigenvalue weighted by molar-refractivity contribution is -0.116. The van der Waals surface area contributed by atoms with Gasteiger partial charge in [-0.05, 0) is 49.5 Å². The van der Waals surface area contributed by atoms with Crippen LogP contribution < -0.4 is 16.0 Å². The van der Waals surface area contributed by atoms with Gasteiger partial charge in [0, 0.05) is 13.0 Å². The maximum Gasteiger partial charge on any atom is 0.253 e. The molecule has 136 valence electrons. The number of rotatable bonds is 7. The van der Waals surface area contributed by atoms with Crippen LogP contribution in [0.25, 0.3) is 0 Å². The summed E-state index contributed by atoms with van der Waals surface area (Å²) in [5, 5.41) is 9.11. The number of para-hydroxylation sites is 1. The van der Waals surface area contributed by atoms with Crippen molar-refractivity contribution in [3.8, 4) is 0 Å². The summed E-state index contributed by atoms with van der Waals surface area (Å²) in [6, 6.07) is 16.9. The molecule has 2 aromatic rings. The summed E-state index contributed by atoms with van der Waals surface area (Å²) in [7, 11) is 0. The fraction of sp³-hybridized carbons (Fsp3) is 0.333. The number of anilines is 1. The zero-order valence-corrected chi connectivity index (χ0v) is 14.8. The van der Waals surface area contributed by atoms with Gasteiger partial charge in [-0.1, -0.05) is 42.5 Å². The minimum absolute atomic E-state index is 0.0415. The zero-order valence-electron chi connectivity index (χ0n) is 14.8. The molecule has 1 atom stereocenters. The maximum atomic E-state index is 12.5. The van der Waals surface area contributed by atoms with Gasteiger partial charge >= 0.3 is 0 Å². The third-order valence-corrected chi connectivity index (χ3v) is 4.68. The van der Waals surface area contributed by atoms with Gasteiger partial charge in [0.15, 0.2) is 0 Å². The predicted molar refractivity (Wildman–Crippen MR) is 103 cm³/mol. The van der Waals surface area contributed by atoms with Gasteiger partial charge in [-0.3, -0.25) is 9.59 Å². The maximum absolute atomic E-state index is 12.5. The molecule has 0 saturated carbocycles. The Hall–Kier alpha value is -2.66. The smallest absolute Gasteiger partial charge is 0.253 e. The Bertz CT molecular complexity index is 740. The molecule has 5 heteroatoms. The summed E-state index contributed by atoms with van der Waals surface area (Å²) >= 11 is 0. The second-order valence-corrected chi connectivity index (χ2v) is 6.66. The Labute approximate surface area is 154 Å². The zero-order chi connectivity index (χ0) is 18.2. The van der Waals surface area contributed by atoms with Crippen LogP contribution in [-0.4, -0.2) is 24.9 Å². The summed E-state index contributed by atoms with van der Waals surface area (Å²) in [5.74, 6) is 0.343. The SMILES string of the molecule is O=C(CCC1CCNC1)Nc1ccccc1C(=O)NCc1ccccc1. The Morgan fingerprint density at radius 3 is 2.58 bits per heavy atom. The van der Waals surface area contributed by atoms with Crippen molar-refractivity contribution in [3.05, 3.63) is 65.7 Å². The van der Waals surface area contributed by atoms with E-state index in [1.54, 1.807) is 18.2 Å². The van der Waals surface area contributed by atoms with Crippen LogP contribution in [0.2, 0.25) is 0 Å². The van der Waals surface area contributed by atoms with Gasteiger partial charge in [0.05, 0.1) is 11.3 Å². The quantitative estimate of drug-likeness (QED) is 0.718. The minimum atomic E-state index is -0.190. The first-order chi connectivity index (χ1) is 12.7. The van der Waals surface area contributed by atoms with E-state index in [4.69, 9.17) is 0 Å². The van der Waals surface area contributed by atoms with Crippen molar-refractivity contribution in [1.29, 1.82) is 0 Å². The van der Waals surface area contributed by atoms with Crippen LogP contribution in [0.1, 0.15) is 35.2 Å². The predicted octanol–water partition coefficient (Wildman–Crippen LogP) is 2.94. The summed E-state index contributed by atoms with van der Waals surface area (Å²) in [6.45, 7) is 2.49. The summed E-state index contributed by atoms with van der Waals surface area (Å²) in [4.78, 5) is 24.8. The molecule has 1 saturated heterocycles. The van der Waals surface area contributed by atoms with Crippen molar-refractivity contribution >= 4 is 17.5 Å². The lowest BCUT2D eigenvalue weighted by Gasteiger charge is -2.12. The van der Waals surface area contributed by atoms with Gasteiger partial charge in [-0.15, -0.1) is 0 Å². The molecule has 26 heavy (non-hydrogen) atoms. The molecule has 1 aliphatic rings. The molecular formula is C21H25N3O2. The van der Waals surface area contributed by atoms with Crippen molar-refractivity contribution in [2.24, 2.45) is 5.92 Å². The highest BCUT2D eigenvalue weighted by Crippen LogP contribution is 2.18. The molecule has 1 fully saturated rings. The van der Waals surface area contributed by atoms with E-state index in [-0.39, 0.29) is 11.8 Å². The van der Waals surface area contributed by atoms with Crippen LogP contribution in [-0.2, 0) is 11.3 Å². The van der Waals surface area contributed by atoms with Crippen LogP contribution in [0.4, 0.5) is 5.69 Å². The Morgan fingerprint density at radius 2 is 1.81 bits per heavy atom. The minimum Gasteiger partial charge on any atom is -0.348 e. The standard InChI is InChI=1S/C21H25N3O2/c25-20(11-10-17-12-13-22-14-17)24-19-9-5-4-8-18(19)21(26)23-15-16-6-2-1-3-7-16/h1-9,17,22H,10-15H2,(H,23,26)(H,24,25). The number of amides is 2. The molecular weight excluding hydrogens is 326 g/mol. The van der Waals surface area contributed by atoms with E-state index < -0.39 is 0 Å². The molecule has 2 aromatic carbocycles. The molecule has 1 unspecified atom stereocenters. The average Bonchev–Trinajstić information content (AvgIpc) is 3.19. The van der Waals surface area contributed by atoms with Crippen molar-refractivity contribution in [2.45, 2.75) is 25.8 Å². The summed E-state index contributed by atoms with van der Waals surface area (Å²) in [6.07, 6.45) is 2.49. The van der Waals surface area contributed by atoms with Gasteiger partial charge in [0.1, 0.15) is 0 Å². The third-order valence-electron chi connectivity index (χ3n) is 4.68. The highest BCUT2D eigenvalue weighted by Gasteiger charge is 2.17. The number of benzene rings is 2. The largest absolute Gasteiger partial charge is 0.348 e. The van der Waals surface area contributed by atoms with Gasteiger partial charge in [0.2, 0.25) is 5.91 Å². The van der Waals surface area contributed by atoms with Crippen LogP contribution >= 0.6 is 0 Å². The van der Waals surface area contributed by atoms with E-state index in [2.05, 4.69) is 16.0 Å². The highest BCUT2D eigenvalue weighted by atomic mass is 16.2. The van der Waals surface area contributed by atoms with E-state index >= 15 is 0 Å². The third kappa shape index (κ3) is 5.17. The molecule has 0 radical (unpaired) electrons. The topological polar surface area (TPSA) is 70.2 Å². The van der Waals surface area contributed by atoms with Gasteiger partial charge in [-0.2, -0.15) is 0 Å². The number of nitrogens with one attached hydrogen (secondary N) is 3. The number of carbonyl (C=O) groups is 2. The lowest BCUT2D eigenvalue weighted by atomic mass is 10.0. The van der Waals surface area contributed by atoms with Gasteiger partial charge in [-0.25, -0.2) is 0 Å². The van der Waals surface area contributed by atoms with Gasteiger partial charge in [0.25, 0.3) is 5.91 Å². The van der Waals surface area contributed by atoms with Crippen molar-refractivity contribution in [2.75, 3.05) is 18.4 Å². The Morgan fingerprint density at radius 1 is 1.04 bits per heavy atom.